The van der Waals surface area contributed by atoms with Gasteiger partial charge in [-0.3, -0.25) is 4.79 Å². The van der Waals surface area contributed by atoms with Crippen LogP contribution in [0.15, 0.2) is 46.9 Å². The third kappa shape index (κ3) is 4.06. The molecule has 1 N–H and O–H groups in total. The van der Waals surface area contributed by atoms with Gasteiger partial charge in [0.05, 0.1) is 0 Å². The number of anilines is 1. The highest BCUT2D eigenvalue weighted by Crippen LogP contribution is 2.18. The van der Waals surface area contributed by atoms with Crippen LogP contribution >= 0.6 is 15.9 Å². The van der Waals surface area contributed by atoms with Gasteiger partial charge in [-0.15, -0.1) is 0 Å². The second kappa shape index (κ2) is 6.52. The minimum Gasteiger partial charge on any atom is -0.484 e. The Bertz CT molecular complexity index is 631. The fourth-order valence-corrected chi connectivity index (χ4v) is 2.04. The Morgan fingerprint density at radius 1 is 1.30 bits per heavy atom. The van der Waals surface area contributed by atoms with Crippen LogP contribution in [-0.2, 0) is 4.79 Å². The summed E-state index contributed by atoms with van der Waals surface area (Å²) in [6.07, 6.45) is 0. The lowest BCUT2D eigenvalue weighted by Crippen LogP contribution is -2.20. The van der Waals surface area contributed by atoms with Gasteiger partial charge in [-0.25, -0.2) is 4.39 Å². The van der Waals surface area contributed by atoms with Gasteiger partial charge in [0.2, 0.25) is 0 Å². The minimum atomic E-state index is -0.328. The highest BCUT2D eigenvalue weighted by molar-refractivity contribution is 9.10. The average molecular weight is 338 g/mol. The summed E-state index contributed by atoms with van der Waals surface area (Å²) in [7, 11) is 0. The maximum Gasteiger partial charge on any atom is 0.262 e. The first kappa shape index (κ1) is 14.5. The summed E-state index contributed by atoms with van der Waals surface area (Å²) >= 11 is 3.32. The smallest absolute Gasteiger partial charge is 0.262 e. The van der Waals surface area contributed by atoms with Crippen molar-refractivity contribution in [3.8, 4) is 5.75 Å². The second-order valence-electron chi connectivity index (χ2n) is 4.25. The van der Waals surface area contributed by atoms with Gasteiger partial charge >= 0.3 is 0 Å². The van der Waals surface area contributed by atoms with Gasteiger partial charge in [-0.05, 0) is 48.9 Å². The molecule has 0 aliphatic rings. The Morgan fingerprint density at radius 2 is 2.10 bits per heavy atom. The SMILES string of the molecule is Cc1cc(F)ccc1NC(=O)COc1cccc(Br)c1. The fourth-order valence-electron chi connectivity index (χ4n) is 1.66. The number of hydrogen-bond acceptors (Lipinski definition) is 2. The number of hydrogen-bond donors (Lipinski definition) is 1. The van der Waals surface area contributed by atoms with Crippen LogP contribution in [0.2, 0.25) is 0 Å². The molecule has 0 spiro atoms. The molecule has 0 atom stereocenters. The van der Waals surface area contributed by atoms with Crippen molar-refractivity contribution >= 4 is 27.5 Å². The maximum absolute atomic E-state index is 13.0. The molecule has 0 saturated heterocycles. The molecule has 0 radical (unpaired) electrons. The summed E-state index contributed by atoms with van der Waals surface area (Å²) in [6.45, 7) is 1.63. The van der Waals surface area contributed by atoms with Gasteiger partial charge in [0.15, 0.2) is 6.61 Å². The van der Waals surface area contributed by atoms with E-state index in [9.17, 15) is 9.18 Å². The molecular weight excluding hydrogens is 325 g/mol. The van der Waals surface area contributed by atoms with E-state index in [0.29, 0.717) is 17.0 Å². The molecule has 0 saturated carbocycles. The topological polar surface area (TPSA) is 38.3 Å². The summed E-state index contributed by atoms with van der Waals surface area (Å²) in [5.41, 5.74) is 1.25. The Kier molecular flexibility index (Phi) is 4.74. The molecule has 0 unspecified atom stereocenters. The van der Waals surface area contributed by atoms with E-state index in [1.165, 1.54) is 18.2 Å². The predicted molar refractivity (Wildman–Crippen MR) is 79.4 cm³/mol. The first-order valence-corrected chi connectivity index (χ1v) is 6.78. The van der Waals surface area contributed by atoms with Crippen LogP contribution in [-0.4, -0.2) is 12.5 Å². The molecule has 104 valence electrons. The van der Waals surface area contributed by atoms with Crippen LogP contribution in [0, 0.1) is 12.7 Å². The molecule has 2 aromatic rings. The predicted octanol–water partition coefficient (Wildman–Crippen LogP) is 3.91. The first-order valence-electron chi connectivity index (χ1n) is 5.99. The number of halogens is 2. The van der Waals surface area contributed by atoms with Crippen LogP contribution in [0.3, 0.4) is 0 Å². The third-order valence-corrected chi connectivity index (χ3v) is 3.12. The number of ether oxygens (including phenoxy) is 1. The van der Waals surface area contributed by atoms with Crippen LogP contribution in [0.4, 0.5) is 10.1 Å². The first-order chi connectivity index (χ1) is 9.54. The summed E-state index contributed by atoms with van der Waals surface area (Å²) in [4.78, 5) is 11.8. The van der Waals surface area contributed by atoms with Gasteiger partial charge in [0, 0.05) is 10.2 Å². The summed E-state index contributed by atoms with van der Waals surface area (Å²) < 4.78 is 19.2. The zero-order valence-corrected chi connectivity index (χ0v) is 12.4. The van der Waals surface area contributed by atoms with Gasteiger partial charge < -0.3 is 10.1 Å². The summed E-state index contributed by atoms with van der Waals surface area (Å²) in [5, 5.41) is 2.68. The molecule has 0 bridgehead atoms. The van der Waals surface area contributed by atoms with Crippen molar-refractivity contribution in [3.63, 3.8) is 0 Å². The lowest BCUT2D eigenvalue weighted by molar-refractivity contribution is -0.118. The minimum absolute atomic E-state index is 0.104. The number of rotatable bonds is 4. The molecule has 0 heterocycles. The van der Waals surface area contributed by atoms with E-state index in [1.807, 2.05) is 12.1 Å². The highest BCUT2D eigenvalue weighted by Gasteiger charge is 2.06. The van der Waals surface area contributed by atoms with Crippen molar-refractivity contribution in [2.75, 3.05) is 11.9 Å². The molecule has 0 fully saturated rings. The van der Waals surface area contributed by atoms with E-state index < -0.39 is 0 Å². The normalized spacial score (nSPS) is 10.2. The number of amides is 1. The van der Waals surface area contributed by atoms with Crippen molar-refractivity contribution < 1.29 is 13.9 Å². The van der Waals surface area contributed by atoms with Crippen LogP contribution in [0.5, 0.6) is 5.75 Å². The van der Waals surface area contributed by atoms with E-state index in [4.69, 9.17) is 4.74 Å². The maximum atomic E-state index is 13.0. The highest BCUT2D eigenvalue weighted by atomic mass is 79.9. The van der Waals surface area contributed by atoms with E-state index in [2.05, 4.69) is 21.2 Å². The van der Waals surface area contributed by atoms with E-state index in [-0.39, 0.29) is 18.3 Å². The Labute approximate surface area is 124 Å². The van der Waals surface area contributed by atoms with Crippen molar-refractivity contribution in [2.45, 2.75) is 6.92 Å². The van der Waals surface area contributed by atoms with Crippen LogP contribution < -0.4 is 10.1 Å². The number of aryl methyl sites for hydroxylation is 1. The van der Waals surface area contributed by atoms with Crippen molar-refractivity contribution in [1.29, 1.82) is 0 Å². The number of carbonyl (C=O) groups is 1. The van der Waals surface area contributed by atoms with Gasteiger partial charge in [-0.2, -0.15) is 0 Å². The van der Waals surface area contributed by atoms with E-state index in [1.54, 1.807) is 19.1 Å². The zero-order chi connectivity index (χ0) is 14.5. The second-order valence-corrected chi connectivity index (χ2v) is 5.17. The molecule has 0 aliphatic carbocycles. The average Bonchev–Trinajstić information content (AvgIpc) is 2.40. The quantitative estimate of drug-likeness (QED) is 0.918. The number of carbonyl (C=O) groups excluding carboxylic acids is 1. The van der Waals surface area contributed by atoms with Crippen LogP contribution in [0.1, 0.15) is 5.56 Å². The summed E-state index contributed by atoms with van der Waals surface area (Å²) in [6, 6.07) is 11.4. The number of benzene rings is 2. The monoisotopic (exact) mass is 337 g/mol. The zero-order valence-electron chi connectivity index (χ0n) is 10.8. The molecule has 20 heavy (non-hydrogen) atoms. The molecular formula is C15H13BrFNO2. The molecule has 0 aromatic heterocycles. The van der Waals surface area contributed by atoms with Gasteiger partial charge in [0.25, 0.3) is 5.91 Å². The molecule has 3 nitrogen and oxygen atoms in total. The lowest BCUT2D eigenvalue weighted by atomic mass is 10.2. The van der Waals surface area contributed by atoms with Gasteiger partial charge in [-0.1, -0.05) is 22.0 Å². The van der Waals surface area contributed by atoms with Crippen molar-refractivity contribution in [1.82, 2.24) is 0 Å². The standard InChI is InChI=1S/C15H13BrFNO2/c1-10-7-12(17)5-6-14(10)18-15(19)9-20-13-4-2-3-11(16)8-13/h2-8H,9H2,1H3,(H,18,19). The molecule has 5 heteroatoms. The van der Waals surface area contributed by atoms with Crippen molar-refractivity contribution in [3.05, 3.63) is 58.3 Å². The van der Waals surface area contributed by atoms with E-state index >= 15 is 0 Å². The molecule has 1 amide bonds. The number of nitrogens with one attached hydrogen (secondary N) is 1. The fraction of sp³-hybridized carbons (Fsp3) is 0.133. The molecule has 2 rings (SSSR count). The lowest BCUT2D eigenvalue weighted by Gasteiger charge is -2.09. The summed E-state index contributed by atoms with van der Waals surface area (Å²) in [5.74, 6) is -0.0177. The largest absolute Gasteiger partial charge is 0.484 e. The molecule has 0 aliphatic heterocycles. The third-order valence-electron chi connectivity index (χ3n) is 2.63. The Hall–Kier alpha value is -1.88. The van der Waals surface area contributed by atoms with Gasteiger partial charge in [0.1, 0.15) is 11.6 Å². The van der Waals surface area contributed by atoms with E-state index in [0.717, 1.165) is 4.47 Å². The van der Waals surface area contributed by atoms with Crippen LogP contribution in [0.25, 0.3) is 0 Å². The molecule has 2 aromatic carbocycles. The van der Waals surface area contributed by atoms with Crippen molar-refractivity contribution in [2.24, 2.45) is 0 Å². The Morgan fingerprint density at radius 3 is 2.80 bits per heavy atom. The Balaban J connectivity index is 1.92.